The highest BCUT2D eigenvalue weighted by molar-refractivity contribution is 7.90. The van der Waals surface area contributed by atoms with Crippen LogP contribution < -0.4 is 15.2 Å². The van der Waals surface area contributed by atoms with Crippen molar-refractivity contribution in [3.05, 3.63) is 29.8 Å². The number of nitrogens with one attached hydrogen (secondary N) is 2. The summed E-state index contributed by atoms with van der Waals surface area (Å²) in [4.78, 5) is 0. The van der Waals surface area contributed by atoms with Crippen LogP contribution in [-0.2, 0) is 10.2 Å². The molecule has 96 valence electrons. The number of anilines is 1. The van der Waals surface area contributed by atoms with Crippen LogP contribution in [0.1, 0.15) is 18.4 Å². The first-order chi connectivity index (χ1) is 8.59. The van der Waals surface area contributed by atoms with E-state index in [0.717, 1.165) is 18.4 Å². The van der Waals surface area contributed by atoms with E-state index in [1.165, 1.54) is 0 Å². The number of hydrogen-bond acceptors (Lipinski definition) is 3. The van der Waals surface area contributed by atoms with Gasteiger partial charge in [0.15, 0.2) is 0 Å². The highest BCUT2D eigenvalue weighted by Gasteiger charge is 2.26. The minimum absolute atomic E-state index is 0.0946. The predicted molar refractivity (Wildman–Crippen MR) is 71.1 cm³/mol. The van der Waals surface area contributed by atoms with Crippen LogP contribution in [0.3, 0.4) is 0 Å². The molecule has 1 aliphatic rings. The maximum absolute atomic E-state index is 11.6. The van der Waals surface area contributed by atoms with Gasteiger partial charge in [0.05, 0.1) is 6.54 Å². The lowest BCUT2D eigenvalue weighted by Crippen LogP contribution is -2.31. The lowest BCUT2D eigenvalue weighted by Gasteiger charge is -2.08. The van der Waals surface area contributed by atoms with Gasteiger partial charge in [0.1, 0.15) is 0 Å². The fraction of sp³-hybridized carbons (Fsp3) is 0.333. The molecule has 0 amide bonds. The molecule has 0 aromatic heterocycles. The second kappa shape index (κ2) is 5.40. The molecule has 1 aromatic carbocycles. The molecule has 0 spiro atoms. The van der Waals surface area contributed by atoms with Gasteiger partial charge in [0, 0.05) is 17.3 Å². The van der Waals surface area contributed by atoms with E-state index in [0.29, 0.717) is 12.2 Å². The molecular weight excluding hydrogens is 250 g/mol. The second-order valence-electron chi connectivity index (χ2n) is 4.08. The predicted octanol–water partition coefficient (Wildman–Crippen LogP) is 0.405. The van der Waals surface area contributed by atoms with E-state index < -0.39 is 10.2 Å². The van der Waals surface area contributed by atoms with Crippen molar-refractivity contribution < 1.29 is 8.42 Å². The standard InChI is InChI=1S/C12H15N3O2S/c13-9-1-2-10-3-5-11(6-4-10)14-18(16,17)15-12-7-8-12/h3-6,12,14-15H,7-9,13H2. The molecule has 0 saturated heterocycles. The van der Waals surface area contributed by atoms with Crippen molar-refractivity contribution in [2.24, 2.45) is 5.73 Å². The van der Waals surface area contributed by atoms with Crippen LogP contribution in [0, 0.1) is 11.8 Å². The molecule has 1 aromatic rings. The Morgan fingerprint density at radius 3 is 2.50 bits per heavy atom. The summed E-state index contributed by atoms with van der Waals surface area (Å²) in [5, 5.41) is 0. The van der Waals surface area contributed by atoms with Crippen molar-refractivity contribution in [2.45, 2.75) is 18.9 Å². The molecule has 6 heteroatoms. The van der Waals surface area contributed by atoms with Gasteiger partial charge < -0.3 is 5.73 Å². The quantitative estimate of drug-likeness (QED) is 0.689. The van der Waals surface area contributed by atoms with E-state index in [4.69, 9.17) is 5.73 Å². The summed E-state index contributed by atoms with van der Waals surface area (Å²) in [6, 6.07) is 6.94. The van der Waals surface area contributed by atoms with Crippen LogP contribution in [0.4, 0.5) is 5.69 Å². The normalized spacial score (nSPS) is 14.7. The Morgan fingerprint density at radius 1 is 1.28 bits per heavy atom. The molecule has 0 radical (unpaired) electrons. The fourth-order valence-electron chi connectivity index (χ4n) is 1.38. The summed E-state index contributed by atoms with van der Waals surface area (Å²) >= 11 is 0. The maximum Gasteiger partial charge on any atom is 0.299 e. The first kappa shape index (κ1) is 12.9. The van der Waals surface area contributed by atoms with Crippen molar-refractivity contribution in [2.75, 3.05) is 11.3 Å². The van der Waals surface area contributed by atoms with Gasteiger partial charge in [-0.1, -0.05) is 11.8 Å². The Morgan fingerprint density at radius 2 is 1.94 bits per heavy atom. The van der Waals surface area contributed by atoms with Crippen molar-refractivity contribution in [3.63, 3.8) is 0 Å². The zero-order valence-corrected chi connectivity index (χ0v) is 10.6. The molecule has 0 heterocycles. The van der Waals surface area contributed by atoms with E-state index in [9.17, 15) is 8.42 Å². The van der Waals surface area contributed by atoms with Crippen molar-refractivity contribution in [1.82, 2.24) is 4.72 Å². The Kier molecular flexibility index (Phi) is 3.87. The molecule has 1 fully saturated rings. The Labute approximate surface area is 107 Å². The number of rotatable bonds is 4. The third kappa shape index (κ3) is 4.04. The smallest absolute Gasteiger partial charge is 0.299 e. The number of hydrogen-bond donors (Lipinski definition) is 3. The fourth-order valence-corrected chi connectivity index (χ4v) is 2.56. The van der Waals surface area contributed by atoms with Crippen LogP contribution >= 0.6 is 0 Å². The second-order valence-corrected chi connectivity index (χ2v) is 5.53. The molecule has 4 N–H and O–H groups in total. The zero-order valence-electron chi connectivity index (χ0n) is 9.81. The molecule has 18 heavy (non-hydrogen) atoms. The summed E-state index contributed by atoms with van der Waals surface area (Å²) in [5.41, 5.74) is 6.59. The lowest BCUT2D eigenvalue weighted by molar-refractivity contribution is 0.586. The molecule has 5 nitrogen and oxygen atoms in total. The molecule has 0 atom stereocenters. The maximum atomic E-state index is 11.6. The summed E-state index contributed by atoms with van der Waals surface area (Å²) in [5.74, 6) is 5.60. The Balaban J connectivity index is 2.01. The minimum Gasteiger partial charge on any atom is -0.320 e. The van der Waals surface area contributed by atoms with Crippen LogP contribution in [0.15, 0.2) is 24.3 Å². The summed E-state index contributed by atoms with van der Waals surface area (Å²) in [6.45, 7) is 0.305. The van der Waals surface area contributed by atoms with Crippen LogP contribution in [0.2, 0.25) is 0 Å². The highest BCUT2D eigenvalue weighted by atomic mass is 32.2. The average molecular weight is 265 g/mol. The first-order valence-electron chi connectivity index (χ1n) is 5.68. The number of nitrogens with two attached hydrogens (primary N) is 1. The Bertz CT molecular complexity index is 566. The van der Waals surface area contributed by atoms with Crippen molar-refractivity contribution in [1.29, 1.82) is 0 Å². The lowest BCUT2D eigenvalue weighted by atomic mass is 10.2. The van der Waals surface area contributed by atoms with Gasteiger partial charge in [-0.2, -0.15) is 13.1 Å². The van der Waals surface area contributed by atoms with Gasteiger partial charge in [-0.15, -0.1) is 0 Å². The Hall–Kier alpha value is -1.55. The van der Waals surface area contributed by atoms with E-state index in [1.54, 1.807) is 24.3 Å². The van der Waals surface area contributed by atoms with Gasteiger partial charge in [-0.25, -0.2) is 0 Å². The molecule has 2 rings (SSSR count). The van der Waals surface area contributed by atoms with Crippen LogP contribution in [0.25, 0.3) is 0 Å². The zero-order chi connectivity index (χ0) is 13.0. The summed E-state index contributed by atoms with van der Waals surface area (Å²) in [7, 11) is -3.46. The summed E-state index contributed by atoms with van der Waals surface area (Å²) in [6.07, 6.45) is 1.82. The SMILES string of the molecule is NCC#Cc1ccc(NS(=O)(=O)NC2CC2)cc1. The molecule has 0 bridgehead atoms. The molecule has 1 saturated carbocycles. The third-order valence-corrected chi connectivity index (χ3v) is 3.52. The molecular formula is C12H15N3O2S. The van der Waals surface area contributed by atoms with E-state index in [2.05, 4.69) is 21.3 Å². The van der Waals surface area contributed by atoms with E-state index >= 15 is 0 Å². The summed E-state index contributed by atoms with van der Waals surface area (Å²) < 4.78 is 28.3. The van der Waals surface area contributed by atoms with Gasteiger partial charge >= 0.3 is 0 Å². The van der Waals surface area contributed by atoms with Gasteiger partial charge in [0.25, 0.3) is 10.2 Å². The third-order valence-electron chi connectivity index (χ3n) is 2.37. The highest BCUT2D eigenvalue weighted by Crippen LogP contribution is 2.20. The van der Waals surface area contributed by atoms with E-state index in [-0.39, 0.29) is 6.04 Å². The average Bonchev–Trinajstić information content (AvgIpc) is 3.11. The molecule has 1 aliphatic carbocycles. The molecule has 0 unspecified atom stereocenters. The van der Waals surface area contributed by atoms with Gasteiger partial charge in [0.2, 0.25) is 0 Å². The minimum atomic E-state index is -3.46. The monoisotopic (exact) mass is 265 g/mol. The number of benzene rings is 1. The topological polar surface area (TPSA) is 84.2 Å². The first-order valence-corrected chi connectivity index (χ1v) is 7.16. The van der Waals surface area contributed by atoms with Gasteiger partial charge in [-0.05, 0) is 37.1 Å². The van der Waals surface area contributed by atoms with Gasteiger partial charge in [-0.3, -0.25) is 4.72 Å². The largest absolute Gasteiger partial charge is 0.320 e. The molecule has 0 aliphatic heterocycles. The van der Waals surface area contributed by atoms with Crippen molar-refractivity contribution >= 4 is 15.9 Å². The van der Waals surface area contributed by atoms with E-state index in [1.807, 2.05) is 0 Å². The van der Waals surface area contributed by atoms with Crippen LogP contribution in [0.5, 0.6) is 0 Å². The van der Waals surface area contributed by atoms with Crippen LogP contribution in [-0.4, -0.2) is 21.0 Å². The van der Waals surface area contributed by atoms with Crippen molar-refractivity contribution in [3.8, 4) is 11.8 Å².